The average molecular weight is 182 g/mol. The van der Waals surface area contributed by atoms with Crippen LogP contribution < -0.4 is 0 Å². The van der Waals surface area contributed by atoms with E-state index in [1.165, 1.54) is 0 Å². The Balaban J connectivity index is 2.24. The topological polar surface area (TPSA) is 37.3 Å². The Kier molecular flexibility index (Phi) is 1.66. The summed E-state index contributed by atoms with van der Waals surface area (Å²) in [5, 5.41) is 9.92. The number of Topliss-reactive ketones (excluding diaryl/α,β-unsaturated/α-hetero) is 1. The standard InChI is InChI=1S/C11H18O2/c1-10(2,13)8-6-9(12)11(3)5-4-7(8)11/h7-8,13H,4-6H2,1-3H3. The van der Waals surface area contributed by atoms with Gasteiger partial charge in [0.25, 0.3) is 0 Å². The molecule has 0 aliphatic heterocycles. The fourth-order valence-corrected chi connectivity index (χ4v) is 3.05. The minimum absolute atomic E-state index is 0.0787. The highest BCUT2D eigenvalue weighted by atomic mass is 16.3. The molecule has 2 fully saturated rings. The molecule has 2 saturated carbocycles. The van der Waals surface area contributed by atoms with Crippen LogP contribution in [0.4, 0.5) is 0 Å². The molecular formula is C11H18O2. The quantitative estimate of drug-likeness (QED) is 0.671. The summed E-state index contributed by atoms with van der Waals surface area (Å²) in [6.45, 7) is 5.72. The molecule has 1 N–H and O–H groups in total. The van der Waals surface area contributed by atoms with Gasteiger partial charge < -0.3 is 5.11 Å². The van der Waals surface area contributed by atoms with Gasteiger partial charge >= 0.3 is 0 Å². The monoisotopic (exact) mass is 182 g/mol. The van der Waals surface area contributed by atoms with Gasteiger partial charge in [-0.05, 0) is 38.5 Å². The third-order valence-electron chi connectivity index (χ3n) is 4.23. The van der Waals surface area contributed by atoms with Gasteiger partial charge in [-0.2, -0.15) is 0 Å². The summed E-state index contributed by atoms with van der Waals surface area (Å²) in [6, 6.07) is 0. The zero-order valence-corrected chi connectivity index (χ0v) is 8.63. The Hall–Kier alpha value is -0.370. The van der Waals surface area contributed by atoms with Crippen molar-refractivity contribution in [3.8, 4) is 0 Å². The van der Waals surface area contributed by atoms with Crippen LogP contribution in [0.2, 0.25) is 0 Å². The van der Waals surface area contributed by atoms with Crippen molar-refractivity contribution in [2.24, 2.45) is 17.3 Å². The van der Waals surface area contributed by atoms with Gasteiger partial charge in [0.1, 0.15) is 5.78 Å². The first kappa shape index (κ1) is 9.20. The van der Waals surface area contributed by atoms with E-state index >= 15 is 0 Å². The van der Waals surface area contributed by atoms with Gasteiger partial charge in [0.05, 0.1) is 5.60 Å². The number of rotatable bonds is 1. The van der Waals surface area contributed by atoms with Crippen LogP contribution in [0.5, 0.6) is 0 Å². The maximum atomic E-state index is 11.7. The second-order valence-corrected chi connectivity index (χ2v) is 5.45. The summed E-state index contributed by atoms with van der Waals surface area (Å²) >= 11 is 0. The first-order valence-electron chi connectivity index (χ1n) is 5.11. The van der Waals surface area contributed by atoms with Gasteiger partial charge in [0.2, 0.25) is 0 Å². The number of ketones is 1. The Morgan fingerprint density at radius 3 is 2.38 bits per heavy atom. The molecule has 2 heteroatoms. The lowest BCUT2D eigenvalue weighted by molar-refractivity contribution is -0.131. The van der Waals surface area contributed by atoms with Crippen molar-refractivity contribution >= 4 is 5.78 Å². The van der Waals surface area contributed by atoms with E-state index in [1.807, 2.05) is 13.8 Å². The number of fused-ring (bicyclic) bond motifs is 1. The number of hydrogen-bond donors (Lipinski definition) is 1. The van der Waals surface area contributed by atoms with Crippen molar-refractivity contribution < 1.29 is 9.90 Å². The normalized spacial score (nSPS) is 44.5. The highest BCUT2D eigenvalue weighted by Crippen LogP contribution is 2.59. The molecule has 0 bridgehead atoms. The minimum Gasteiger partial charge on any atom is -0.390 e. The van der Waals surface area contributed by atoms with E-state index < -0.39 is 5.60 Å². The molecule has 0 spiro atoms. The lowest BCUT2D eigenvalue weighted by Gasteiger charge is -2.45. The highest BCUT2D eigenvalue weighted by Gasteiger charge is 2.60. The molecule has 0 heterocycles. The van der Waals surface area contributed by atoms with Crippen molar-refractivity contribution in [1.82, 2.24) is 0 Å². The average Bonchev–Trinajstić information content (AvgIpc) is 2.11. The van der Waals surface area contributed by atoms with Crippen molar-refractivity contribution in [2.45, 2.75) is 45.6 Å². The lowest BCUT2D eigenvalue weighted by Crippen LogP contribution is -2.44. The van der Waals surface area contributed by atoms with Gasteiger partial charge in [0.15, 0.2) is 0 Å². The van der Waals surface area contributed by atoms with E-state index in [1.54, 1.807) is 0 Å². The Morgan fingerprint density at radius 2 is 2.15 bits per heavy atom. The molecule has 2 aliphatic carbocycles. The van der Waals surface area contributed by atoms with Crippen LogP contribution in [0.3, 0.4) is 0 Å². The second-order valence-electron chi connectivity index (χ2n) is 5.45. The van der Waals surface area contributed by atoms with Gasteiger partial charge in [0, 0.05) is 11.8 Å². The predicted octanol–water partition coefficient (Wildman–Crippen LogP) is 1.76. The molecular weight excluding hydrogens is 164 g/mol. The van der Waals surface area contributed by atoms with Gasteiger partial charge in [-0.1, -0.05) is 6.92 Å². The highest BCUT2D eigenvalue weighted by molar-refractivity contribution is 5.88. The van der Waals surface area contributed by atoms with Crippen molar-refractivity contribution in [3.63, 3.8) is 0 Å². The molecule has 0 aromatic heterocycles. The predicted molar refractivity (Wildman–Crippen MR) is 50.2 cm³/mol. The zero-order chi connectivity index (χ0) is 9.85. The molecule has 2 aliphatic rings. The first-order valence-corrected chi connectivity index (χ1v) is 5.11. The SMILES string of the molecule is CC(C)(O)C1CC(=O)C2(C)CCC12. The van der Waals surface area contributed by atoms with Crippen LogP contribution in [-0.2, 0) is 4.79 Å². The molecule has 0 aromatic rings. The Labute approximate surface area is 79.3 Å². The van der Waals surface area contributed by atoms with Crippen LogP contribution in [0, 0.1) is 17.3 Å². The summed E-state index contributed by atoms with van der Waals surface area (Å²) in [6.07, 6.45) is 2.74. The molecule has 0 radical (unpaired) electrons. The third kappa shape index (κ3) is 1.08. The molecule has 74 valence electrons. The largest absolute Gasteiger partial charge is 0.390 e. The van der Waals surface area contributed by atoms with Gasteiger partial charge in [-0.15, -0.1) is 0 Å². The molecule has 2 rings (SSSR count). The van der Waals surface area contributed by atoms with E-state index in [-0.39, 0.29) is 11.3 Å². The van der Waals surface area contributed by atoms with E-state index in [4.69, 9.17) is 0 Å². The van der Waals surface area contributed by atoms with Crippen LogP contribution in [-0.4, -0.2) is 16.5 Å². The van der Waals surface area contributed by atoms with Crippen molar-refractivity contribution in [1.29, 1.82) is 0 Å². The summed E-state index contributed by atoms with van der Waals surface area (Å²) in [5.41, 5.74) is -0.761. The van der Waals surface area contributed by atoms with Gasteiger partial charge in [-0.25, -0.2) is 0 Å². The van der Waals surface area contributed by atoms with E-state index in [2.05, 4.69) is 6.92 Å². The molecule has 2 nitrogen and oxygen atoms in total. The van der Waals surface area contributed by atoms with E-state index in [0.29, 0.717) is 18.1 Å². The Bertz CT molecular complexity index is 251. The Morgan fingerprint density at radius 1 is 1.54 bits per heavy atom. The van der Waals surface area contributed by atoms with Crippen LogP contribution in [0.1, 0.15) is 40.0 Å². The van der Waals surface area contributed by atoms with E-state index in [0.717, 1.165) is 12.8 Å². The maximum absolute atomic E-state index is 11.7. The third-order valence-corrected chi connectivity index (χ3v) is 4.23. The fourth-order valence-electron chi connectivity index (χ4n) is 3.05. The summed E-state index contributed by atoms with van der Waals surface area (Å²) < 4.78 is 0. The van der Waals surface area contributed by atoms with Crippen LogP contribution in [0.15, 0.2) is 0 Å². The summed E-state index contributed by atoms with van der Waals surface area (Å²) in [5.74, 6) is 1.01. The zero-order valence-electron chi connectivity index (χ0n) is 8.63. The number of hydrogen-bond acceptors (Lipinski definition) is 2. The molecule has 0 aromatic carbocycles. The van der Waals surface area contributed by atoms with Crippen molar-refractivity contribution in [2.75, 3.05) is 0 Å². The number of carbonyl (C=O) groups excluding carboxylic acids is 1. The molecule has 13 heavy (non-hydrogen) atoms. The maximum Gasteiger partial charge on any atom is 0.139 e. The second kappa shape index (κ2) is 2.35. The fraction of sp³-hybridized carbons (Fsp3) is 0.909. The van der Waals surface area contributed by atoms with Crippen LogP contribution >= 0.6 is 0 Å². The summed E-state index contributed by atoms with van der Waals surface area (Å²) in [7, 11) is 0. The molecule has 0 amide bonds. The van der Waals surface area contributed by atoms with Crippen molar-refractivity contribution in [3.05, 3.63) is 0 Å². The smallest absolute Gasteiger partial charge is 0.139 e. The minimum atomic E-state index is -0.682. The molecule has 3 unspecified atom stereocenters. The van der Waals surface area contributed by atoms with Gasteiger partial charge in [-0.3, -0.25) is 4.79 Å². The van der Waals surface area contributed by atoms with E-state index in [9.17, 15) is 9.90 Å². The first-order chi connectivity index (χ1) is 5.86. The molecule has 3 atom stereocenters. The number of carbonyl (C=O) groups is 1. The number of aliphatic hydroxyl groups is 1. The lowest BCUT2D eigenvalue weighted by atomic mass is 9.59. The van der Waals surface area contributed by atoms with Crippen LogP contribution in [0.25, 0.3) is 0 Å². The molecule has 0 saturated heterocycles. The summed E-state index contributed by atoms with van der Waals surface area (Å²) in [4.78, 5) is 11.7.